The minimum absolute atomic E-state index is 0. The summed E-state index contributed by atoms with van der Waals surface area (Å²) in [5.41, 5.74) is 14.8. The van der Waals surface area contributed by atoms with E-state index in [-0.39, 0.29) is 78.9 Å². The largest absolute Gasteiger partial charge is 0.490 e. The Labute approximate surface area is 330 Å². The van der Waals surface area contributed by atoms with Gasteiger partial charge in [0.05, 0.1) is 29.2 Å². The molecule has 0 aliphatic carbocycles. The normalized spacial score (nSPS) is 13.1. The van der Waals surface area contributed by atoms with Crippen molar-refractivity contribution in [2.75, 3.05) is 18.0 Å². The summed E-state index contributed by atoms with van der Waals surface area (Å²) in [5.74, 6) is -0.872. The van der Waals surface area contributed by atoms with Crippen molar-refractivity contribution in [3.05, 3.63) is 125 Å². The summed E-state index contributed by atoms with van der Waals surface area (Å²) in [5, 5.41) is 28.1. The average Bonchev–Trinajstić information content (AvgIpc) is 3.50. The first kappa shape index (κ1) is 41.6. The first-order chi connectivity index (χ1) is 25.5. The number of anilines is 1. The number of aromatic carboxylic acids is 1. The van der Waals surface area contributed by atoms with Crippen molar-refractivity contribution in [2.45, 2.75) is 45.0 Å². The Kier molecular flexibility index (Phi) is 13.8. The van der Waals surface area contributed by atoms with E-state index in [9.17, 15) is 19.5 Å². The predicted molar refractivity (Wildman–Crippen MR) is 216 cm³/mol. The van der Waals surface area contributed by atoms with Gasteiger partial charge in [0, 0.05) is 42.7 Å². The van der Waals surface area contributed by atoms with Gasteiger partial charge >= 0.3 is 5.97 Å². The van der Waals surface area contributed by atoms with Crippen LogP contribution in [0.1, 0.15) is 63.5 Å². The van der Waals surface area contributed by atoms with E-state index in [2.05, 4.69) is 5.32 Å². The zero-order chi connectivity index (χ0) is 37.6. The number of hydrogen-bond acceptors (Lipinski definition) is 7. The second kappa shape index (κ2) is 18.3. The molecular weight excluding hydrogens is 745 g/mol. The van der Waals surface area contributed by atoms with Crippen molar-refractivity contribution in [1.29, 1.82) is 10.8 Å². The molecule has 8 N–H and O–H groups in total. The number of halogens is 2. The quantitative estimate of drug-likeness (QED) is 0.0711. The highest BCUT2D eigenvalue weighted by molar-refractivity contribution is 6.06. The number of hydrogen-bond donors (Lipinski definition) is 6. The molecule has 0 unspecified atom stereocenters. The second-order valence-corrected chi connectivity index (χ2v) is 12.9. The van der Waals surface area contributed by atoms with E-state index in [1.54, 1.807) is 51.9 Å². The first-order valence-electron chi connectivity index (χ1n) is 17.2. The lowest BCUT2D eigenvalue weighted by Crippen LogP contribution is -2.44. The number of nitrogen functional groups attached to an aromatic ring is 1. The van der Waals surface area contributed by atoms with Crippen molar-refractivity contribution >= 4 is 71.1 Å². The monoisotopic (exact) mass is 787 g/mol. The molecule has 1 fully saturated rings. The topological polar surface area (TPSA) is 217 Å². The average molecular weight is 789 g/mol. The Hall–Kier alpha value is -6.12. The number of amides is 2. The lowest BCUT2D eigenvalue weighted by Gasteiger charge is -2.32. The van der Waals surface area contributed by atoms with E-state index < -0.39 is 11.9 Å². The number of likely N-dealkylation sites (tertiary alicyclic amines) is 1. The highest BCUT2D eigenvalue weighted by Gasteiger charge is 2.25. The van der Waals surface area contributed by atoms with E-state index in [0.717, 1.165) is 5.56 Å². The third-order valence-corrected chi connectivity index (χ3v) is 9.27. The van der Waals surface area contributed by atoms with Crippen LogP contribution in [0.5, 0.6) is 5.75 Å². The Morgan fingerprint density at radius 1 is 0.909 bits per heavy atom. The molecule has 14 nitrogen and oxygen atoms in total. The maximum atomic E-state index is 14.3. The predicted octanol–water partition coefficient (Wildman–Crippen LogP) is 5.32. The summed E-state index contributed by atoms with van der Waals surface area (Å²) in [7, 11) is 0. The molecule has 4 aromatic carbocycles. The van der Waals surface area contributed by atoms with Gasteiger partial charge in [0.1, 0.15) is 30.1 Å². The number of carboxylic acid groups (broad SMARTS) is 1. The number of benzene rings is 4. The molecule has 0 bridgehead atoms. The summed E-state index contributed by atoms with van der Waals surface area (Å²) in [6, 6.07) is 27.2. The number of rotatable bonds is 12. The standard InChI is InChI=1S/C39H41N9O5.2ClH/c1-24(25-5-3-2-4-6-25)44-35(49)23-48-33-16-11-28(36(40)41)21-32(33)45-34(48)22-47(37(50)26-7-9-27(10-8-26)38(51)52)29-12-14-30(15-13-29)53-31-17-19-46(20-18-31)39(42)43;;/h2-16,21,24,31H,17-20,22-23H2,1H3,(H3,40,41)(H3,42,43)(H,44,49)(H,51,52);2*1H/t24-;;/m0../s1. The Bertz CT molecular complexity index is 2150. The molecule has 1 aliphatic rings. The zero-order valence-corrected chi connectivity index (χ0v) is 31.6. The van der Waals surface area contributed by atoms with Crippen LogP contribution in [0.2, 0.25) is 0 Å². The number of guanidine groups is 1. The number of nitrogens with zero attached hydrogens (tertiary/aromatic N) is 4. The van der Waals surface area contributed by atoms with Crippen LogP contribution in [0.15, 0.2) is 97.1 Å². The number of ether oxygens (including phenoxy) is 1. The van der Waals surface area contributed by atoms with Crippen LogP contribution >= 0.6 is 24.8 Å². The van der Waals surface area contributed by atoms with Gasteiger partial charge in [-0.3, -0.25) is 20.4 Å². The molecule has 0 spiro atoms. The lowest BCUT2D eigenvalue weighted by molar-refractivity contribution is -0.122. The van der Waals surface area contributed by atoms with Crippen molar-refractivity contribution in [1.82, 2.24) is 19.8 Å². The Balaban J connectivity index is 0.00000336. The van der Waals surface area contributed by atoms with Gasteiger partial charge in [0.15, 0.2) is 5.96 Å². The van der Waals surface area contributed by atoms with E-state index in [4.69, 9.17) is 32.0 Å². The summed E-state index contributed by atoms with van der Waals surface area (Å²) in [6.45, 7) is 2.98. The fraction of sp³-hybridized carbons (Fsp3) is 0.231. The molecule has 288 valence electrons. The van der Waals surface area contributed by atoms with Gasteiger partial charge in [-0.1, -0.05) is 30.3 Å². The summed E-state index contributed by atoms with van der Waals surface area (Å²) >= 11 is 0. The fourth-order valence-corrected chi connectivity index (χ4v) is 6.34. The molecule has 1 aromatic heterocycles. The summed E-state index contributed by atoms with van der Waals surface area (Å²) < 4.78 is 7.97. The number of carboxylic acids is 1. The van der Waals surface area contributed by atoms with Crippen molar-refractivity contribution in [3.63, 3.8) is 0 Å². The molecule has 0 radical (unpaired) electrons. The Morgan fingerprint density at radius 2 is 1.53 bits per heavy atom. The van der Waals surface area contributed by atoms with E-state index in [1.165, 1.54) is 29.2 Å². The minimum atomic E-state index is -1.11. The van der Waals surface area contributed by atoms with Gasteiger partial charge in [-0.2, -0.15) is 0 Å². The number of aromatic nitrogens is 2. The summed E-state index contributed by atoms with van der Waals surface area (Å²) in [6.07, 6.45) is 1.35. The van der Waals surface area contributed by atoms with Gasteiger partial charge in [-0.05, 0) is 79.2 Å². The fourth-order valence-electron chi connectivity index (χ4n) is 6.34. The minimum Gasteiger partial charge on any atom is -0.490 e. The molecule has 1 aliphatic heterocycles. The van der Waals surface area contributed by atoms with E-state index in [1.807, 2.05) is 37.3 Å². The third-order valence-electron chi connectivity index (χ3n) is 9.27. The molecule has 2 heterocycles. The first-order valence-corrected chi connectivity index (χ1v) is 17.2. The number of carbonyl (C=O) groups excluding carboxylic acids is 2. The van der Waals surface area contributed by atoms with Crippen LogP contribution in [0.4, 0.5) is 5.69 Å². The number of nitrogens with two attached hydrogens (primary N) is 2. The van der Waals surface area contributed by atoms with Crippen LogP contribution in [-0.2, 0) is 17.9 Å². The van der Waals surface area contributed by atoms with Crippen LogP contribution in [0.25, 0.3) is 11.0 Å². The van der Waals surface area contributed by atoms with Crippen LogP contribution < -0.4 is 26.4 Å². The van der Waals surface area contributed by atoms with Gasteiger partial charge in [-0.25, -0.2) is 9.78 Å². The van der Waals surface area contributed by atoms with E-state index >= 15 is 0 Å². The number of carbonyl (C=O) groups is 3. The maximum Gasteiger partial charge on any atom is 0.335 e. The number of fused-ring (bicyclic) bond motifs is 1. The van der Waals surface area contributed by atoms with Crippen molar-refractivity contribution in [2.24, 2.45) is 11.5 Å². The number of piperidine rings is 1. The summed E-state index contributed by atoms with van der Waals surface area (Å²) in [4.78, 5) is 47.5. The Morgan fingerprint density at radius 3 is 2.13 bits per heavy atom. The third kappa shape index (κ3) is 9.90. The SMILES string of the molecule is C[C@H](NC(=O)Cn1c(CN(C(=O)c2ccc(C(=O)O)cc2)c2ccc(OC3CCN(C(=N)N)CC3)cc2)nc2cc(C(=N)N)ccc21)c1ccccc1.Cl.Cl. The zero-order valence-electron chi connectivity index (χ0n) is 30.0. The molecule has 1 saturated heterocycles. The number of imidazole rings is 1. The molecule has 1 atom stereocenters. The molecule has 6 rings (SSSR count). The molecule has 55 heavy (non-hydrogen) atoms. The molecular formula is C39H43Cl2N9O5. The molecule has 5 aromatic rings. The maximum absolute atomic E-state index is 14.3. The van der Waals surface area contributed by atoms with Gasteiger partial charge < -0.3 is 41.0 Å². The van der Waals surface area contributed by atoms with E-state index in [0.29, 0.717) is 59.8 Å². The molecule has 2 amide bonds. The van der Waals surface area contributed by atoms with Crippen LogP contribution in [-0.4, -0.2) is 68.3 Å². The van der Waals surface area contributed by atoms with Gasteiger partial charge in [0.2, 0.25) is 5.91 Å². The van der Waals surface area contributed by atoms with Crippen molar-refractivity contribution in [3.8, 4) is 5.75 Å². The number of amidine groups is 1. The molecule has 16 heteroatoms. The van der Waals surface area contributed by atoms with Crippen LogP contribution in [0.3, 0.4) is 0 Å². The lowest BCUT2D eigenvalue weighted by atomic mass is 10.1. The highest BCUT2D eigenvalue weighted by Crippen LogP contribution is 2.27. The van der Waals surface area contributed by atoms with Crippen LogP contribution in [0, 0.1) is 10.8 Å². The van der Waals surface area contributed by atoms with Gasteiger partial charge in [0.25, 0.3) is 5.91 Å². The second-order valence-electron chi connectivity index (χ2n) is 12.9. The van der Waals surface area contributed by atoms with Gasteiger partial charge in [-0.15, -0.1) is 24.8 Å². The highest BCUT2D eigenvalue weighted by atomic mass is 35.5. The van der Waals surface area contributed by atoms with Crippen molar-refractivity contribution < 1.29 is 24.2 Å². The number of nitrogens with one attached hydrogen (secondary N) is 3. The smallest absolute Gasteiger partial charge is 0.335 e. The molecule has 0 saturated carbocycles.